The lowest BCUT2D eigenvalue weighted by Gasteiger charge is -2.26. The number of Topliss-reactive ketones (excluding diaryl/α,β-unsaturated/α-hetero) is 1. The molecule has 136 valence electrons. The fourth-order valence-corrected chi connectivity index (χ4v) is 4.28. The van der Waals surface area contributed by atoms with Crippen LogP contribution < -0.4 is 0 Å². The monoisotopic (exact) mass is 400 g/mol. The number of carbonyl (C=O) groups is 1. The normalized spacial score (nSPS) is 17.5. The van der Waals surface area contributed by atoms with Crippen LogP contribution in [0.25, 0.3) is 5.57 Å². The maximum absolute atomic E-state index is 14.2. The molecular formula is C15H10ClF5O3S. The number of hydrogen-bond acceptors (Lipinski definition) is 3. The van der Waals surface area contributed by atoms with E-state index in [4.69, 9.17) is 11.6 Å². The van der Waals surface area contributed by atoms with Crippen molar-refractivity contribution in [2.24, 2.45) is 0 Å². The van der Waals surface area contributed by atoms with Gasteiger partial charge in [0.25, 0.3) is 5.92 Å². The molecule has 0 fully saturated rings. The average molecular weight is 401 g/mol. The maximum atomic E-state index is 14.2. The van der Waals surface area contributed by atoms with Crippen molar-refractivity contribution in [1.82, 2.24) is 0 Å². The smallest absolute Gasteiger partial charge is 0.278 e. The standard InChI is InChI=1S/C15H10ClF5O3S/c1-7(22)6-25(23,24)12-4-9(15(20,21)5-10(12)16)8-2-3-11(17)14(19)13(8)18/h2-4H,5-6H2,1H3. The molecular weight excluding hydrogens is 391 g/mol. The van der Waals surface area contributed by atoms with Crippen LogP contribution in [0.2, 0.25) is 0 Å². The van der Waals surface area contributed by atoms with Gasteiger partial charge in [-0.25, -0.2) is 30.4 Å². The van der Waals surface area contributed by atoms with Gasteiger partial charge >= 0.3 is 0 Å². The molecule has 1 aliphatic rings. The number of rotatable bonds is 4. The van der Waals surface area contributed by atoms with Gasteiger partial charge in [0.15, 0.2) is 27.3 Å². The first-order chi connectivity index (χ1) is 11.4. The van der Waals surface area contributed by atoms with Gasteiger partial charge in [-0.1, -0.05) is 11.6 Å². The summed E-state index contributed by atoms with van der Waals surface area (Å²) in [4.78, 5) is 10.3. The van der Waals surface area contributed by atoms with E-state index in [0.29, 0.717) is 18.2 Å². The van der Waals surface area contributed by atoms with Crippen LogP contribution in [0.5, 0.6) is 0 Å². The molecule has 0 aliphatic heterocycles. The predicted molar refractivity (Wildman–Crippen MR) is 81.2 cm³/mol. The van der Waals surface area contributed by atoms with Gasteiger partial charge in [0.2, 0.25) is 0 Å². The lowest BCUT2D eigenvalue weighted by Crippen LogP contribution is -2.26. The number of alkyl halides is 2. The first-order valence-electron chi connectivity index (χ1n) is 6.71. The number of carbonyl (C=O) groups excluding carboxylic acids is 1. The first-order valence-corrected chi connectivity index (χ1v) is 8.74. The molecule has 0 heterocycles. The highest BCUT2D eigenvalue weighted by Gasteiger charge is 2.43. The van der Waals surface area contributed by atoms with Crippen LogP contribution in [-0.4, -0.2) is 25.9 Å². The van der Waals surface area contributed by atoms with Gasteiger partial charge in [-0.2, -0.15) is 0 Å². The third-order valence-electron chi connectivity index (χ3n) is 3.37. The SMILES string of the molecule is CC(=O)CS(=O)(=O)C1=C(Cl)CC(F)(F)C(c2ccc(F)c(F)c2F)=C1. The zero-order chi connectivity index (χ0) is 19.2. The van der Waals surface area contributed by atoms with E-state index in [1.165, 1.54) is 0 Å². The van der Waals surface area contributed by atoms with Crippen molar-refractivity contribution in [2.45, 2.75) is 19.3 Å². The van der Waals surface area contributed by atoms with Crippen molar-refractivity contribution in [2.75, 3.05) is 5.75 Å². The Kier molecular flexibility index (Phi) is 5.11. The molecule has 1 aliphatic carbocycles. The molecule has 0 bridgehead atoms. The molecule has 0 N–H and O–H groups in total. The molecule has 0 amide bonds. The van der Waals surface area contributed by atoms with Crippen LogP contribution >= 0.6 is 11.6 Å². The second-order valence-electron chi connectivity index (χ2n) is 5.39. The van der Waals surface area contributed by atoms with Crippen molar-refractivity contribution in [3.8, 4) is 0 Å². The van der Waals surface area contributed by atoms with Gasteiger partial charge < -0.3 is 0 Å². The average Bonchev–Trinajstić information content (AvgIpc) is 2.43. The maximum Gasteiger partial charge on any atom is 0.278 e. The van der Waals surface area contributed by atoms with Crippen LogP contribution in [0.1, 0.15) is 18.9 Å². The zero-order valence-corrected chi connectivity index (χ0v) is 14.1. The van der Waals surface area contributed by atoms with Crippen LogP contribution in [-0.2, 0) is 14.6 Å². The minimum atomic E-state index is -4.36. The van der Waals surface area contributed by atoms with Crippen molar-refractivity contribution in [3.63, 3.8) is 0 Å². The number of sulfone groups is 1. The molecule has 0 spiro atoms. The predicted octanol–water partition coefficient (Wildman–Crippen LogP) is 3.98. The van der Waals surface area contributed by atoms with Crippen LogP contribution in [0.3, 0.4) is 0 Å². The van der Waals surface area contributed by atoms with Crippen LogP contribution in [0.4, 0.5) is 22.0 Å². The molecule has 25 heavy (non-hydrogen) atoms. The summed E-state index contributed by atoms with van der Waals surface area (Å²) in [7, 11) is -4.36. The zero-order valence-electron chi connectivity index (χ0n) is 12.5. The summed E-state index contributed by atoms with van der Waals surface area (Å²) in [5.41, 5.74) is -2.17. The van der Waals surface area contributed by atoms with Crippen molar-refractivity contribution in [3.05, 3.63) is 51.2 Å². The van der Waals surface area contributed by atoms with E-state index in [2.05, 4.69) is 0 Å². The van der Waals surface area contributed by atoms with Gasteiger partial charge in [-0.15, -0.1) is 0 Å². The second kappa shape index (κ2) is 6.53. The van der Waals surface area contributed by atoms with Gasteiger partial charge in [0.1, 0.15) is 11.5 Å². The summed E-state index contributed by atoms with van der Waals surface area (Å²) < 4.78 is 92.9. The lowest BCUT2D eigenvalue weighted by atomic mass is 9.93. The molecule has 0 radical (unpaired) electrons. The Morgan fingerprint density at radius 2 is 1.80 bits per heavy atom. The largest absolute Gasteiger partial charge is 0.299 e. The number of allylic oxidation sites excluding steroid dienone is 3. The van der Waals surface area contributed by atoms with E-state index in [-0.39, 0.29) is 0 Å². The topological polar surface area (TPSA) is 51.2 Å². The minimum absolute atomic E-state index is 0.389. The Hall–Kier alpha value is -1.74. The third-order valence-corrected chi connectivity index (χ3v) is 5.64. The van der Waals surface area contributed by atoms with Gasteiger partial charge in [0.05, 0.1) is 11.3 Å². The third kappa shape index (κ3) is 3.77. The molecule has 2 rings (SSSR count). The van der Waals surface area contributed by atoms with Crippen molar-refractivity contribution < 1.29 is 35.2 Å². The molecule has 0 saturated carbocycles. The summed E-state index contributed by atoms with van der Waals surface area (Å²) >= 11 is 5.62. The number of hydrogen-bond donors (Lipinski definition) is 0. The first kappa shape index (κ1) is 19.6. The van der Waals surface area contributed by atoms with E-state index < -0.39 is 72.2 Å². The molecule has 3 nitrogen and oxygen atoms in total. The lowest BCUT2D eigenvalue weighted by molar-refractivity contribution is -0.114. The van der Waals surface area contributed by atoms with Crippen LogP contribution in [0, 0.1) is 17.5 Å². The molecule has 1 aromatic carbocycles. The Balaban J connectivity index is 2.69. The molecule has 0 atom stereocenters. The molecule has 0 aromatic heterocycles. The minimum Gasteiger partial charge on any atom is -0.299 e. The molecule has 0 unspecified atom stereocenters. The Morgan fingerprint density at radius 3 is 2.36 bits per heavy atom. The highest BCUT2D eigenvalue weighted by molar-refractivity contribution is 7.96. The molecule has 0 saturated heterocycles. The quantitative estimate of drug-likeness (QED) is 0.567. The van der Waals surface area contributed by atoms with Gasteiger partial charge in [0, 0.05) is 16.2 Å². The summed E-state index contributed by atoms with van der Waals surface area (Å²) in [5, 5.41) is -0.738. The van der Waals surface area contributed by atoms with Gasteiger partial charge in [-0.3, -0.25) is 4.79 Å². The summed E-state index contributed by atoms with van der Waals surface area (Å²) in [5.74, 6) is -11.0. The number of benzene rings is 1. The van der Waals surface area contributed by atoms with E-state index >= 15 is 0 Å². The molecule has 10 heteroatoms. The Labute approximate surface area is 144 Å². The summed E-state index contributed by atoms with van der Waals surface area (Å²) in [6.45, 7) is 0.975. The van der Waals surface area contributed by atoms with E-state index in [9.17, 15) is 35.2 Å². The second-order valence-corrected chi connectivity index (χ2v) is 7.81. The summed E-state index contributed by atoms with van der Waals surface area (Å²) in [6.07, 6.45) is -0.898. The van der Waals surface area contributed by atoms with Crippen molar-refractivity contribution in [1.29, 1.82) is 0 Å². The van der Waals surface area contributed by atoms with Crippen LogP contribution in [0.15, 0.2) is 28.1 Å². The van der Waals surface area contributed by atoms with Gasteiger partial charge in [-0.05, 0) is 25.1 Å². The fraction of sp³-hybridized carbons (Fsp3) is 0.267. The van der Waals surface area contributed by atoms with E-state index in [0.717, 1.165) is 6.92 Å². The highest BCUT2D eigenvalue weighted by atomic mass is 35.5. The number of ketones is 1. The van der Waals surface area contributed by atoms with E-state index in [1.54, 1.807) is 0 Å². The number of halogens is 6. The van der Waals surface area contributed by atoms with Crippen molar-refractivity contribution >= 4 is 32.8 Å². The molecule has 1 aromatic rings. The van der Waals surface area contributed by atoms with E-state index in [1.807, 2.05) is 0 Å². The Bertz CT molecular complexity index is 919. The highest BCUT2D eigenvalue weighted by Crippen LogP contribution is 2.45. The fourth-order valence-electron chi connectivity index (χ4n) is 2.30. The Morgan fingerprint density at radius 1 is 1.20 bits per heavy atom. The summed E-state index contributed by atoms with van der Waals surface area (Å²) in [6, 6.07) is 1.01.